The van der Waals surface area contributed by atoms with Crippen molar-refractivity contribution in [3.05, 3.63) is 99.0 Å². The highest BCUT2D eigenvalue weighted by Gasteiger charge is 2.06. The standard InChI is InChI=1S/C24H23BrN2O2/c1-17-8-9-18(2)21(12-17)14-24(28)27-26-15-20-10-11-23(22(25)13-20)29-16-19-6-4-3-5-7-19/h3-13,15H,14,16H2,1-2H3,(H,27,28)/b26-15+. The molecule has 0 atom stereocenters. The van der Waals surface area contributed by atoms with E-state index in [1.165, 1.54) is 0 Å². The summed E-state index contributed by atoms with van der Waals surface area (Å²) in [5, 5.41) is 4.07. The highest BCUT2D eigenvalue weighted by Crippen LogP contribution is 2.26. The van der Waals surface area contributed by atoms with E-state index in [0.717, 1.165) is 38.0 Å². The number of ether oxygens (including phenoxy) is 1. The number of hydrogen-bond donors (Lipinski definition) is 1. The zero-order chi connectivity index (χ0) is 20.6. The van der Waals surface area contributed by atoms with Gasteiger partial charge in [0.15, 0.2) is 0 Å². The Morgan fingerprint density at radius 1 is 1.07 bits per heavy atom. The van der Waals surface area contributed by atoms with Crippen LogP contribution >= 0.6 is 15.9 Å². The molecule has 0 bridgehead atoms. The second kappa shape index (κ2) is 10.0. The number of hydrogen-bond acceptors (Lipinski definition) is 3. The quantitative estimate of drug-likeness (QED) is 0.390. The molecule has 3 aromatic carbocycles. The smallest absolute Gasteiger partial charge is 0.244 e. The number of carbonyl (C=O) groups is 1. The van der Waals surface area contributed by atoms with Gasteiger partial charge in [0.05, 0.1) is 17.1 Å². The summed E-state index contributed by atoms with van der Waals surface area (Å²) in [5.74, 6) is 0.613. The van der Waals surface area contributed by atoms with Gasteiger partial charge in [-0.15, -0.1) is 0 Å². The molecule has 3 aromatic rings. The number of nitrogens with one attached hydrogen (secondary N) is 1. The molecule has 0 spiro atoms. The Bertz CT molecular complexity index is 1020. The van der Waals surface area contributed by atoms with Gasteiger partial charge < -0.3 is 4.74 Å². The lowest BCUT2D eigenvalue weighted by molar-refractivity contribution is -0.120. The molecule has 0 aliphatic carbocycles. The average molecular weight is 451 g/mol. The lowest BCUT2D eigenvalue weighted by atomic mass is 10.0. The Kier molecular flexibility index (Phi) is 7.19. The van der Waals surface area contributed by atoms with Crippen molar-refractivity contribution in [1.82, 2.24) is 5.43 Å². The van der Waals surface area contributed by atoms with E-state index in [-0.39, 0.29) is 5.91 Å². The monoisotopic (exact) mass is 450 g/mol. The lowest BCUT2D eigenvalue weighted by Crippen LogP contribution is -2.20. The van der Waals surface area contributed by atoms with E-state index in [1.54, 1.807) is 6.21 Å². The third kappa shape index (κ3) is 6.29. The summed E-state index contributed by atoms with van der Waals surface area (Å²) in [6.45, 7) is 4.52. The van der Waals surface area contributed by atoms with Crippen molar-refractivity contribution in [3.8, 4) is 5.75 Å². The van der Waals surface area contributed by atoms with Crippen LogP contribution in [0.2, 0.25) is 0 Å². The number of carbonyl (C=O) groups excluding carboxylic acids is 1. The Morgan fingerprint density at radius 3 is 2.62 bits per heavy atom. The van der Waals surface area contributed by atoms with Crippen LogP contribution < -0.4 is 10.2 Å². The van der Waals surface area contributed by atoms with Crippen LogP contribution in [-0.4, -0.2) is 12.1 Å². The summed E-state index contributed by atoms with van der Waals surface area (Å²) in [6, 6.07) is 21.8. The molecule has 5 heteroatoms. The molecule has 0 aliphatic heterocycles. The Balaban J connectivity index is 1.54. The fourth-order valence-electron chi connectivity index (χ4n) is 2.83. The van der Waals surface area contributed by atoms with Gasteiger partial charge in [0.2, 0.25) is 5.91 Å². The van der Waals surface area contributed by atoms with Gasteiger partial charge in [-0.3, -0.25) is 4.79 Å². The molecule has 1 amide bonds. The molecule has 0 saturated carbocycles. The van der Waals surface area contributed by atoms with Gasteiger partial charge in [-0.25, -0.2) is 5.43 Å². The van der Waals surface area contributed by atoms with Crippen molar-refractivity contribution in [2.75, 3.05) is 0 Å². The van der Waals surface area contributed by atoms with Gasteiger partial charge in [0, 0.05) is 0 Å². The van der Waals surface area contributed by atoms with Crippen molar-refractivity contribution in [2.24, 2.45) is 5.10 Å². The van der Waals surface area contributed by atoms with E-state index in [1.807, 2.05) is 80.6 Å². The fraction of sp³-hybridized carbons (Fsp3) is 0.167. The second-order valence-electron chi connectivity index (χ2n) is 6.86. The zero-order valence-electron chi connectivity index (χ0n) is 16.5. The van der Waals surface area contributed by atoms with Gasteiger partial charge in [0.25, 0.3) is 0 Å². The van der Waals surface area contributed by atoms with Crippen LogP contribution in [-0.2, 0) is 17.8 Å². The van der Waals surface area contributed by atoms with E-state index in [9.17, 15) is 4.79 Å². The van der Waals surface area contributed by atoms with Crippen molar-refractivity contribution in [2.45, 2.75) is 26.9 Å². The van der Waals surface area contributed by atoms with Crippen LogP contribution in [0.5, 0.6) is 5.75 Å². The first-order chi connectivity index (χ1) is 14.0. The molecule has 0 heterocycles. The Labute approximate surface area is 179 Å². The highest BCUT2D eigenvalue weighted by atomic mass is 79.9. The van der Waals surface area contributed by atoms with Gasteiger partial charge >= 0.3 is 0 Å². The topological polar surface area (TPSA) is 50.7 Å². The number of benzene rings is 3. The number of aryl methyl sites for hydroxylation is 2. The van der Waals surface area contributed by atoms with E-state index in [4.69, 9.17) is 4.74 Å². The molecule has 3 rings (SSSR count). The number of nitrogens with zero attached hydrogens (tertiary/aromatic N) is 1. The number of hydrazone groups is 1. The normalized spacial score (nSPS) is 10.9. The summed E-state index contributed by atoms with van der Waals surface area (Å²) in [6.07, 6.45) is 1.92. The molecular formula is C24H23BrN2O2. The fourth-order valence-corrected chi connectivity index (χ4v) is 3.34. The first kappa shape index (κ1) is 20.8. The highest BCUT2D eigenvalue weighted by molar-refractivity contribution is 9.10. The minimum atomic E-state index is -0.142. The third-order valence-electron chi connectivity index (χ3n) is 4.45. The molecule has 0 unspecified atom stereocenters. The summed E-state index contributed by atoms with van der Waals surface area (Å²) < 4.78 is 6.68. The van der Waals surface area contributed by atoms with Crippen LogP contribution in [0.15, 0.2) is 76.3 Å². The largest absolute Gasteiger partial charge is 0.488 e. The Hall–Kier alpha value is -2.92. The van der Waals surface area contributed by atoms with Crippen LogP contribution in [0.3, 0.4) is 0 Å². The van der Waals surface area contributed by atoms with Crippen LogP contribution in [0, 0.1) is 13.8 Å². The first-order valence-electron chi connectivity index (χ1n) is 9.35. The van der Waals surface area contributed by atoms with Crippen molar-refractivity contribution in [1.29, 1.82) is 0 Å². The maximum Gasteiger partial charge on any atom is 0.244 e. The van der Waals surface area contributed by atoms with Crippen LogP contribution in [0.25, 0.3) is 0 Å². The van der Waals surface area contributed by atoms with Gasteiger partial charge in [0.1, 0.15) is 12.4 Å². The molecule has 29 heavy (non-hydrogen) atoms. The van der Waals surface area contributed by atoms with Crippen molar-refractivity contribution >= 4 is 28.1 Å². The molecule has 0 radical (unpaired) electrons. The number of rotatable bonds is 7. The molecule has 0 aromatic heterocycles. The second-order valence-corrected chi connectivity index (χ2v) is 7.72. The van der Waals surface area contributed by atoms with Crippen molar-refractivity contribution < 1.29 is 9.53 Å². The maximum atomic E-state index is 12.2. The van der Waals surface area contributed by atoms with Crippen LogP contribution in [0.4, 0.5) is 0 Å². The molecule has 0 fully saturated rings. The number of amides is 1. The summed E-state index contributed by atoms with van der Waals surface area (Å²) in [4.78, 5) is 12.2. The minimum Gasteiger partial charge on any atom is -0.488 e. The molecule has 4 nitrogen and oxygen atoms in total. The predicted octanol–water partition coefficient (Wildman–Crippen LogP) is 5.34. The first-order valence-corrected chi connectivity index (χ1v) is 10.1. The zero-order valence-corrected chi connectivity index (χ0v) is 18.1. The lowest BCUT2D eigenvalue weighted by Gasteiger charge is -2.09. The van der Waals surface area contributed by atoms with Gasteiger partial charge in [-0.05, 0) is 70.2 Å². The van der Waals surface area contributed by atoms with Crippen molar-refractivity contribution in [3.63, 3.8) is 0 Å². The third-order valence-corrected chi connectivity index (χ3v) is 5.07. The minimum absolute atomic E-state index is 0.142. The average Bonchev–Trinajstić information content (AvgIpc) is 2.71. The predicted molar refractivity (Wildman–Crippen MR) is 120 cm³/mol. The number of halogens is 1. The van der Waals surface area contributed by atoms with E-state index < -0.39 is 0 Å². The molecule has 0 saturated heterocycles. The van der Waals surface area contributed by atoms with E-state index >= 15 is 0 Å². The molecule has 0 aliphatic rings. The molecule has 1 N–H and O–H groups in total. The van der Waals surface area contributed by atoms with Gasteiger partial charge in [-0.1, -0.05) is 54.1 Å². The van der Waals surface area contributed by atoms with E-state index in [0.29, 0.717) is 13.0 Å². The molecular weight excluding hydrogens is 428 g/mol. The van der Waals surface area contributed by atoms with E-state index in [2.05, 4.69) is 26.5 Å². The summed E-state index contributed by atoms with van der Waals surface area (Å²) in [5.41, 5.74) is 7.81. The SMILES string of the molecule is Cc1ccc(C)c(CC(=O)N/N=C/c2ccc(OCc3ccccc3)c(Br)c2)c1. The van der Waals surface area contributed by atoms with Crippen LogP contribution in [0.1, 0.15) is 27.8 Å². The summed E-state index contributed by atoms with van der Waals surface area (Å²) in [7, 11) is 0. The summed E-state index contributed by atoms with van der Waals surface area (Å²) >= 11 is 3.53. The maximum absolute atomic E-state index is 12.2. The molecule has 148 valence electrons. The Morgan fingerprint density at radius 2 is 1.86 bits per heavy atom. The van der Waals surface area contributed by atoms with Gasteiger partial charge in [-0.2, -0.15) is 5.10 Å².